The summed E-state index contributed by atoms with van der Waals surface area (Å²) >= 11 is 5.57. The average molecular weight is 204 g/mol. The van der Waals surface area contributed by atoms with Crippen LogP contribution in [0, 0.1) is 0 Å². The van der Waals surface area contributed by atoms with Crippen LogP contribution in [0.25, 0.3) is 17.0 Å². The molecule has 1 aromatic carbocycles. The lowest BCUT2D eigenvalue weighted by Gasteiger charge is -1.97. The molecular formula is C12H10ClN. The third-order valence-electron chi connectivity index (χ3n) is 2.03. The molecule has 1 aromatic heterocycles. The van der Waals surface area contributed by atoms with Crippen molar-refractivity contribution in [2.75, 3.05) is 5.88 Å². The monoisotopic (exact) mass is 203 g/mol. The summed E-state index contributed by atoms with van der Waals surface area (Å²) in [5, 5.41) is 1.16. The number of pyridine rings is 1. The number of rotatable bonds is 2. The van der Waals surface area contributed by atoms with Crippen molar-refractivity contribution in [1.29, 1.82) is 0 Å². The van der Waals surface area contributed by atoms with Crippen LogP contribution in [0.1, 0.15) is 5.56 Å². The van der Waals surface area contributed by atoms with Crippen molar-refractivity contribution in [2.45, 2.75) is 0 Å². The van der Waals surface area contributed by atoms with Crippen molar-refractivity contribution in [1.82, 2.24) is 4.98 Å². The van der Waals surface area contributed by atoms with E-state index >= 15 is 0 Å². The number of allylic oxidation sites excluding steroid dienone is 1. The first-order valence-corrected chi connectivity index (χ1v) is 5.01. The minimum absolute atomic E-state index is 0.547. The molecule has 0 aliphatic carbocycles. The molecule has 2 aromatic rings. The van der Waals surface area contributed by atoms with E-state index in [9.17, 15) is 0 Å². The second-order valence-corrected chi connectivity index (χ2v) is 3.32. The quantitative estimate of drug-likeness (QED) is 0.681. The van der Waals surface area contributed by atoms with E-state index in [4.69, 9.17) is 11.6 Å². The van der Waals surface area contributed by atoms with Gasteiger partial charge in [-0.1, -0.05) is 24.3 Å². The summed E-state index contributed by atoms with van der Waals surface area (Å²) in [7, 11) is 0. The fourth-order valence-electron chi connectivity index (χ4n) is 1.38. The molecule has 0 aliphatic rings. The van der Waals surface area contributed by atoms with Crippen LogP contribution in [-0.2, 0) is 0 Å². The lowest BCUT2D eigenvalue weighted by atomic mass is 10.1. The molecule has 1 heterocycles. The van der Waals surface area contributed by atoms with E-state index in [2.05, 4.69) is 17.1 Å². The molecule has 14 heavy (non-hydrogen) atoms. The number of aromatic nitrogens is 1. The van der Waals surface area contributed by atoms with Gasteiger partial charge in [0, 0.05) is 17.5 Å². The summed E-state index contributed by atoms with van der Waals surface area (Å²) in [5.74, 6) is 0.547. The highest BCUT2D eigenvalue weighted by Crippen LogP contribution is 2.14. The number of benzene rings is 1. The fourth-order valence-corrected chi connectivity index (χ4v) is 1.47. The van der Waals surface area contributed by atoms with Crippen molar-refractivity contribution in [3.8, 4) is 0 Å². The minimum atomic E-state index is 0.547. The third-order valence-corrected chi connectivity index (χ3v) is 2.20. The van der Waals surface area contributed by atoms with Crippen LogP contribution in [0.15, 0.2) is 42.6 Å². The molecule has 2 heteroatoms. The Labute approximate surface area is 88.0 Å². The molecule has 0 saturated heterocycles. The van der Waals surface area contributed by atoms with Crippen LogP contribution in [0.3, 0.4) is 0 Å². The topological polar surface area (TPSA) is 12.9 Å². The van der Waals surface area contributed by atoms with Crippen LogP contribution in [-0.4, -0.2) is 10.9 Å². The number of nitrogens with zero attached hydrogens (tertiary/aromatic N) is 1. The number of hydrogen-bond donors (Lipinski definition) is 0. The summed E-state index contributed by atoms with van der Waals surface area (Å²) in [6.07, 6.45) is 5.75. The van der Waals surface area contributed by atoms with E-state index in [0.717, 1.165) is 16.5 Å². The maximum Gasteiger partial charge on any atom is 0.0702 e. The smallest absolute Gasteiger partial charge is 0.0702 e. The Balaban J connectivity index is 2.46. The second-order valence-electron chi connectivity index (χ2n) is 3.01. The van der Waals surface area contributed by atoms with Crippen LogP contribution < -0.4 is 0 Å². The summed E-state index contributed by atoms with van der Waals surface area (Å²) in [5.41, 5.74) is 2.18. The Morgan fingerprint density at radius 2 is 2.21 bits per heavy atom. The number of hydrogen-bond acceptors (Lipinski definition) is 1. The van der Waals surface area contributed by atoms with E-state index < -0.39 is 0 Å². The molecule has 0 N–H and O–H groups in total. The Morgan fingerprint density at radius 1 is 1.29 bits per heavy atom. The molecule has 0 bridgehead atoms. The summed E-state index contributed by atoms with van der Waals surface area (Å²) in [4.78, 5) is 4.25. The SMILES string of the molecule is ClCC=Cc1ccc2ncccc2c1. The molecule has 0 unspecified atom stereocenters. The van der Waals surface area contributed by atoms with Gasteiger partial charge in [-0.25, -0.2) is 0 Å². The van der Waals surface area contributed by atoms with Crippen LogP contribution >= 0.6 is 11.6 Å². The van der Waals surface area contributed by atoms with Gasteiger partial charge in [0.1, 0.15) is 0 Å². The molecule has 0 saturated carbocycles. The average Bonchev–Trinajstić information content (AvgIpc) is 2.26. The molecule has 0 radical (unpaired) electrons. The van der Waals surface area contributed by atoms with Gasteiger partial charge in [0.05, 0.1) is 5.52 Å². The molecule has 0 spiro atoms. The molecule has 0 amide bonds. The van der Waals surface area contributed by atoms with Gasteiger partial charge in [0.2, 0.25) is 0 Å². The maximum absolute atomic E-state index is 5.57. The Hall–Kier alpha value is -1.34. The van der Waals surface area contributed by atoms with E-state index in [1.165, 1.54) is 0 Å². The zero-order chi connectivity index (χ0) is 9.80. The summed E-state index contributed by atoms with van der Waals surface area (Å²) in [6.45, 7) is 0. The van der Waals surface area contributed by atoms with Gasteiger partial charge < -0.3 is 0 Å². The molecule has 0 atom stereocenters. The van der Waals surface area contributed by atoms with E-state index in [-0.39, 0.29) is 0 Å². The molecule has 70 valence electrons. The largest absolute Gasteiger partial charge is 0.256 e. The maximum atomic E-state index is 5.57. The van der Waals surface area contributed by atoms with E-state index in [1.807, 2.05) is 30.4 Å². The first-order chi connectivity index (χ1) is 6.90. The van der Waals surface area contributed by atoms with Crippen LogP contribution in [0.4, 0.5) is 0 Å². The Kier molecular flexibility index (Phi) is 2.80. The third kappa shape index (κ3) is 1.94. The minimum Gasteiger partial charge on any atom is -0.256 e. The fraction of sp³-hybridized carbons (Fsp3) is 0.0833. The van der Waals surface area contributed by atoms with Gasteiger partial charge in [0.25, 0.3) is 0 Å². The lowest BCUT2D eigenvalue weighted by Crippen LogP contribution is -1.78. The second kappa shape index (κ2) is 4.25. The first-order valence-electron chi connectivity index (χ1n) is 4.47. The Bertz CT molecular complexity index is 463. The highest BCUT2D eigenvalue weighted by molar-refractivity contribution is 6.19. The first kappa shape index (κ1) is 9.22. The number of alkyl halides is 1. The van der Waals surface area contributed by atoms with Crippen molar-refractivity contribution < 1.29 is 0 Å². The van der Waals surface area contributed by atoms with Crippen molar-refractivity contribution in [2.24, 2.45) is 0 Å². The van der Waals surface area contributed by atoms with Gasteiger partial charge >= 0.3 is 0 Å². The van der Waals surface area contributed by atoms with Gasteiger partial charge in [-0.3, -0.25) is 4.98 Å². The highest BCUT2D eigenvalue weighted by atomic mass is 35.5. The highest BCUT2D eigenvalue weighted by Gasteiger charge is 1.93. The lowest BCUT2D eigenvalue weighted by molar-refractivity contribution is 1.41. The summed E-state index contributed by atoms with van der Waals surface area (Å²) < 4.78 is 0. The Morgan fingerprint density at radius 3 is 3.07 bits per heavy atom. The number of fused-ring (bicyclic) bond motifs is 1. The zero-order valence-corrected chi connectivity index (χ0v) is 8.41. The molecule has 1 nitrogen and oxygen atoms in total. The normalized spacial score (nSPS) is 11.2. The number of halogens is 1. The van der Waals surface area contributed by atoms with Gasteiger partial charge in [0.15, 0.2) is 0 Å². The predicted molar refractivity (Wildman–Crippen MR) is 61.5 cm³/mol. The van der Waals surface area contributed by atoms with Gasteiger partial charge in [-0.05, 0) is 23.8 Å². The molecular weight excluding hydrogens is 194 g/mol. The summed E-state index contributed by atoms with van der Waals surface area (Å²) in [6, 6.07) is 10.2. The van der Waals surface area contributed by atoms with Crippen molar-refractivity contribution >= 4 is 28.6 Å². The van der Waals surface area contributed by atoms with Gasteiger partial charge in [-0.2, -0.15) is 0 Å². The van der Waals surface area contributed by atoms with E-state index in [0.29, 0.717) is 5.88 Å². The van der Waals surface area contributed by atoms with Gasteiger partial charge in [-0.15, -0.1) is 11.6 Å². The van der Waals surface area contributed by atoms with Crippen molar-refractivity contribution in [3.05, 3.63) is 48.2 Å². The van der Waals surface area contributed by atoms with E-state index in [1.54, 1.807) is 6.20 Å². The predicted octanol–water partition coefficient (Wildman–Crippen LogP) is 3.49. The molecule has 0 aliphatic heterocycles. The zero-order valence-electron chi connectivity index (χ0n) is 7.65. The van der Waals surface area contributed by atoms with Crippen molar-refractivity contribution in [3.63, 3.8) is 0 Å². The van der Waals surface area contributed by atoms with Crippen LogP contribution in [0.2, 0.25) is 0 Å². The van der Waals surface area contributed by atoms with Crippen LogP contribution in [0.5, 0.6) is 0 Å². The molecule has 2 rings (SSSR count). The molecule has 0 fully saturated rings. The standard InChI is InChI=1S/C12H10ClN/c13-7-1-3-10-5-6-12-11(9-10)4-2-8-14-12/h1-6,8-9H,7H2.